The molecule has 0 saturated heterocycles. The third kappa shape index (κ3) is 64.3. The molecule has 91 heavy (non-hydrogen) atoms. The van der Waals surface area contributed by atoms with E-state index in [2.05, 4.69) is 13.8 Å². The molecular formula is C82H150BaO6S2. The molecule has 2 aromatic carbocycles. The maximum Gasteiger partial charge on any atom is 2.00 e. The first-order valence-corrected chi connectivity index (χ1v) is 43.0. The van der Waals surface area contributed by atoms with Crippen LogP contribution in [0.15, 0.2) is 58.3 Å². The molecule has 0 spiro atoms. The monoisotopic (exact) mass is 1430 g/mol. The van der Waals surface area contributed by atoms with E-state index in [-0.39, 0.29) is 58.7 Å². The van der Waals surface area contributed by atoms with Crippen LogP contribution in [-0.2, 0) is 33.1 Å². The summed E-state index contributed by atoms with van der Waals surface area (Å²) in [5.41, 5.74) is 1.35. The Morgan fingerprint density at radius 1 is 0.209 bits per heavy atom. The molecule has 0 saturated carbocycles. The van der Waals surface area contributed by atoms with Crippen LogP contribution in [0.5, 0.6) is 0 Å². The number of hydrogen-bond donors (Lipinski definition) is 0. The van der Waals surface area contributed by atoms with Crippen LogP contribution in [0.3, 0.4) is 0 Å². The van der Waals surface area contributed by atoms with Crippen molar-refractivity contribution >= 4 is 69.1 Å². The number of benzene rings is 2. The van der Waals surface area contributed by atoms with Crippen LogP contribution >= 0.6 is 0 Å². The molecule has 0 fully saturated rings. The molecule has 0 N–H and O–H groups in total. The standard InChI is InChI=1S/2C41H76O3S.Ba/c2*1-2-3-4-5-6-7-8-9-10-11-12-13-14-15-16-17-18-19-20-21-22-23-24-25-26-27-28-29-30-31-32-33-34-37-40-38-35-36-39-41(40)45(42,43)44;/h2*35-36,38-39H,2-34,37H2,1H3,(H,42,43,44);/q;;+2/p-2. The van der Waals surface area contributed by atoms with Gasteiger partial charge >= 0.3 is 48.9 Å². The molecule has 0 heterocycles. The molecule has 0 atom stereocenters. The predicted octanol–water partition coefficient (Wildman–Crippen LogP) is 27.7. The molecule has 0 unspecified atom stereocenters. The van der Waals surface area contributed by atoms with Gasteiger partial charge in [-0.2, -0.15) is 0 Å². The van der Waals surface area contributed by atoms with E-state index in [1.807, 2.05) is 12.1 Å². The van der Waals surface area contributed by atoms with Gasteiger partial charge in [0.15, 0.2) is 0 Å². The summed E-state index contributed by atoms with van der Waals surface area (Å²) < 4.78 is 68.3. The van der Waals surface area contributed by atoms with Gasteiger partial charge in [0.25, 0.3) is 0 Å². The molecule has 2 aromatic rings. The topological polar surface area (TPSA) is 114 Å². The first-order chi connectivity index (χ1) is 44.1. The molecule has 0 aliphatic heterocycles. The number of hydrogen-bond acceptors (Lipinski definition) is 6. The Kier molecular flexibility index (Phi) is 71.0. The van der Waals surface area contributed by atoms with E-state index in [1.165, 1.54) is 410 Å². The minimum absolute atomic E-state index is 0. The van der Waals surface area contributed by atoms with Crippen LogP contribution in [0.4, 0.5) is 0 Å². The van der Waals surface area contributed by atoms with Gasteiger partial charge in [0.05, 0.1) is 9.79 Å². The van der Waals surface area contributed by atoms with Crippen molar-refractivity contribution in [3.8, 4) is 0 Å². The van der Waals surface area contributed by atoms with Crippen molar-refractivity contribution < 1.29 is 25.9 Å². The average molecular weight is 1430 g/mol. The quantitative estimate of drug-likeness (QED) is 0.0370. The summed E-state index contributed by atoms with van der Waals surface area (Å²) in [7, 11) is -8.73. The third-order valence-electron chi connectivity index (χ3n) is 19.6. The Morgan fingerprint density at radius 3 is 0.462 bits per heavy atom. The molecule has 9 heteroatoms. The molecule has 0 aromatic heterocycles. The molecule has 528 valence electrons. The molecule has 2 rings (SSSR count). The third-order valence-corrected chi connectivity index (χ3v) is 21.5. The van der Waals surface area contributed by atoms with Crippen molar-refractivity contribution in [3.05, 3.63) is 59.7 Å². The van der Waals surface area contributed by atoms with E-state index in [9.17, 15) is 25.9 Å². The first-order valence-electron chi connectivity index (χ1n) is 40.2. The van der Waals surface area contributed by atoms with Crippen molar-refractivity contribution in [2.75, 3.05) is 0 Å². The zero-order valence-electron chi connectivity index (χ0n) is 60.7. The van der Waals surface area contributed by atoms with Crippen LogP contribution in [0, 0.1) is 0 Å². The molecule has 0 aliphatic rings. The van der Waals surface area contributed by atoms with E-state index in [1.54, 1.807) is 24.3 Å². The summed E-state index contributed by atoms with van der Waals surface area (Å²) >= 11 is 0. The minimum atomic E-state index is -4.37. The van der Waals surface area contributed by atoms with Gasteiger partial charge in [-0.25, -0.2) is 16.8 Å². The van der Waals surface area contributed by atoms with E-state index in [4.69, 9.17) is 0 Å². The molecule has 0 amide bonds. The Hall–Kier alpha value is -0.169. The van der Waals surface area contributed by atoms with Gasteiger partial charge in [-0.3, -0.25) is 0 Å². The van der Waals surface area contributed by atoms with E-state index in [0.29, 0.717) is 24.0 Å². The SMILES string of the molecule is CCCCCCCCCCCCCCCCCCCCCCCCCCCCCCCCCCCc1ccccc1S(=O)(=O)[O-].CCCCCCCCCCCCCCCCCCCCCCCCCCCCCCCCCCCc1ccccc1S(=O)(=O)[O-].[Ba+2]. The Labute approximate surface area is 609 Å². The van der Waals surface area contributed by atoms with Gasteiger partial charge in [-0.05, 0) is 48.9 Å². The Morgan fingerprint density at radius 2 is 0.330 bits per heavy atom. The fourth-order valence-electron chi connectivity index (χ4n) is 13.6. The summed E-state index contributed by atoms with van der Waals surface area (Å²) in [4.78, 5) is -0.0817. The van der Waals surface area contributed by atoms with Crippen LogP contribution in [0.1, 0.15) is 449 Å². The maximum atomic E-state index is 11.4. The number of unbranched alkanes of at least 4 members (excludes halogenated alkanes) is 64. The number of aryl methyl sites for hydroxylation is 2. The Bertz CT molecular complexity index is 1850. The predicted molar refractivity (Wildman–Crippen MR) is 398 cm³/mol. The average Bonchev–Trinajstić information content (AvgIpc) is 2.39. The normalized spacial score (nSPS) is 11.7. The molecule has 0 bridgehead atoms. The summed E-state index contributed by atoms with van der Waals surface area (Å²) in [6, 6.07) is 13.3. The van der Waals surface area contributed by atoms with Gasteiger partial charge in [-0.1, -0.05) is 461 Å². The van der Waals surface area contributed by atoms with Crippen LogP contribution in [0.2, 0.25) is 0 Å². The zero-order chi connectivity index (χ0) is 65.0. The summed E-state index contributed by atoms with van der Waals surface area (Å²) in [5, 5.41) is 0. The van der Waals surface area contributed by atoms with Gasteiger partial charge < -0.3 is 9.11 Å². The first kappa shape index (κ1) is 90.8. The van der Waals surface area contributed by atoms with Crippen molar-refractivity contribution in [1.82, 2.24) is 0 Å². The maximum absolute atomic E-state index is 11.4. The largest absolute Gasteiger partial charge is 2.00 e. The van der Waals surface area contributed by atoms with Crippen LogP contribution in [0.25, 0.3) is 0 Å². The Balaban J connectivity index is 0.00000176. The second-order valence-electron chi connectivity index (χ2n) is 28.3. The van der Waals surface area contributed by atoms with Gasteiger partial charge in [0.2, 0.25) is 0 Å². The smallest absolute Gasteiger partial charge is 0.744 e. The van der Waals surface area contributed by atoms with Crippen molar-refractivity contribution in [2.24, 2.45) is 0 Å². The van der Waals surface area contributed by atoms with Crippen molar-refractivity contribution in [2.45, 2.75) is 460 Å². The van der Waals surface area contributed by atoms with Gasteiger partial charge in [-0.15, -0.1) is 0 Å². The second kappa shape index (κ2) is 71.1. The number of rotatable bonds is 70. The fourth-order valence-corrected chi connectivity index (χ4v) is 15.1. The van der Waals surface area contributed by atoms with Gasteiger partial charge in [0, 0.05) is 0 Å². The fraction of sp³-hybridized carbons (Fsp3) is 0.854. The van der Waals surface area contributed by atoms with Gasteiger partial charge in [0.1, 0.15) is 20.2 Å². The zero-order valence-corrected chi connectivity index (χ0v) is 66.7. The summed E-state index contributed by atoms with van der Waals surface area (Å²) in [6.45, 7) is 4.60. The molecule has 0 radical (unpaired) electrons. The van der Waals surface area contributed by atoms with E-state index in [0.717, 1.165) is 25.7 Å². The van der Waals surface area contributed by atoms with E-state index < -0.39 is 20.2 Å². The summed E-state index contributed by atoms with van der Waals surface area (Å²) in [5.74, 6) is 0. The van der Waals surface area contributed by atoms with E-state index >= 15 is 0 Å². The van der Waals surface area contributed by atoms with Crippen molar-refractivity contribution in [3.63, 3.8) is 0 Å². The van der Waals surface area contributed by atoms with Crippen LogP contribution < -0.4 is 0 Å². The molecule has 6 nitrogen and oxygen atoms in total. The van der Waals surface area contributed by atoms with Crippen LogP contribution in [-0.4, -0.2) is 74.8 Å². The summed E-state index contributed by atoms with van der Waals surface area (Å²) in [6.07, 6.45) is 93.8. The van der Waals surface area contributed by atoms with Crippen molar-refractivity contribution in [1.29, 1.82) is 0 Å². The molecule has 0 aliphatic carbocycles. The minimum Gasteiger partial charge on any atom is -0.744 e. The molecular weight excluding hydrogens is 1280 g/mol. The second-order valence-corrected chi connectivity index (χ2v) is 30.9.